The van der Waals surface area contributed by atoms with Crippen LogP contribution in [0.4, 0.5) is 5.69 Å². The van der Waals surface area contributed by atoms with Crippen LogP contribution in [-0.2, 0) is 4.79 Å². The summed E-state index contributed by atoms with van der Waals surface area (Å²) in [5.41, 5.74) is 1.67. The van der Waals surface area contributed by atoms with E-state index in [0.29, 0.717) is 0 Å². The van der Waals surface area contributed by atoms with E-state index in [-0.39, 0.29) is 5.11 Å². The van der Waals surface area contributed by atoms with Crippen molar-refractivity contribution in [1.82, 2.24) is 10.6 Å². The van der Waals surface area contributed by atoms with E-state index in [1.54, 1.807) is 6.08 Å². The normalized spacial score (nSPS) is 12.5. The van der Waals surface area contributed by atoms with Crippen LogP contribution < -0.4 is 16.0 Å². The van der Waals surface area contributed by atoms with Gasteiger partial charge in [-0.05, 0) is 35.3 Å². The van der Waals surface area contributed by atoms with Crippen molar-refractivity contribution in [3.8, 4) is 0 Å². The van der Waals surface area contributed by atoms with E-state index in [4.69, 9.17) is 47.0 Å². The fourth-order valence-electron chi connectivity index (χ4n) is 2.75. The molecule has 8 heteroatoms. The van der Waals surface area contributed by atoms with Gasteiger partial charge in [-0.2, -0.15) is 0 Å². The highest BCUT2D eigenvalue weighted by Gasteiger charge is 2.34. The Morgan fingerprint density at radius 3 is 2.30 bits per heavy atom. The summed E-state index contributed by atoms with van der Waals surface area (Å²) in [6.45, 7) is 0. The van der Waals surface area contributed by atoms with Gasteiger partial charge in [-0.3, -0.25) is 4.79 Å². The third-order valence-corrected chi connectivity index (χ3v) is 5.03. The van der Waals surface area contributed by atoms with Crippen LogP contribution in [0, 0.1) is 0 Å². The first-order valence-electron chi connectivity index (χ1n) is 8.98. The highest BCUT2D eigenvalue weighted by molar-refractivity contribution is 7.80. The third-order valence-electron chi connectivity index (χ3n) is 4.15. The Hall–Kier alpha value is -2.31. The molecular weight excluding hydrogens is 461 g/mol. The van der Waals surface area contributed by atoms with Gasteiger partial charge in [-0.25, -0.2) is 0 Å². The molecule has 0 aromatic heterocycles. The quantitative estimate of drug-likeness (QED) is 0.192. The molecule has 0 aliphatic rings. The van der Waals surface area contributed by atoms with Crippen LogP contribution in [-0.4, -0.2) is 21.0 Å². The number of carbonyl (C=O) groups is 1. The lowest BCUT2D eigenvalue weighted by Crippen LogP contribution is -2.55. The van der Waals surface area contributed by atoms with Crippen molar-refractivity contribution in [3.63, 3.8) is 0 Å². The number of thiocarbonyl (C=S) groups is 1. The van der Waals surface area contributed by atoms with Crippen LogP contribution in [0.5, 0.6) is 0 Å². The number of anilines is 1. The van der Waals surface area contributed by atoms with Gasteiger partial charge in [0.1, 0.15) is 6.17 Å². The zero-order valence-corrected chi connectivity index (χ0v) is 18.7. The predicted molar refractivity (Wildman–Crippen MR) is 131 cm³/mol. The van der Waals surface area contributed by atoms with E-state index in [1.807, 2.05) is 72.8 Å². The fraction of sp³-hybridized carbons (Fsp3) is 0.0909. The Kier molecular flexibility index (Phi) is 7.56. The van der Waals surface area contributed by atoms with Crippen molar-refractivity contribution in [1.29, 1.82) is 0 Å². The van der Waals surface area contributed by atoms with Crippen molar-refractivity contribution in [2.24, 2.45) is 0 Å². The molecule has 3 aromatic carbocycles. The average molecular weight is 479 g/mol. The maximum Gasteiger partial charge on any atom is 0.245 e. The van der Waals surface area contributed by atoms with Gasteiger partial charge in [0.2, 0.25) is 9.70 Å². The zero-order chi connectivity index (χ0) is 21.6. The fourth-order valence-corrected chi connectivity index (χ4v) is 3.31. The van der Waals surface area contributed by atoms with Gasteiger partial charge in [-0.1, -0.05) is 102 Å². The maximum atomic E-state index is 12.3. The Morgan fingerprint density at radius 2 is 1.57 bits per heavy atom. The largest absolute Gasteiger partial charge is 0.339 e. The zero-order valence-electron chi connectivity index (χ0n) is 15.6. The standard InChI is InChI=1S/C22H18Cl3N3OS/c23-22(24,25)20(27-19(29)14-13-15-7-2-1-3-8-15)28-21(30)26-18-12-6-10-16-9-4-5-11-17(16)18/h1-14,20H,(H,27,29)(H2,26,28,30)/b14-13-. The number of hydrogen-bond acceptors (Lipinski definition) is 2. The molecule has 0 fully saturated rings. The van der Waals surface area contributed by atoms with Gasteiger partial charge in [0, 0.05) is 17.1 Å². The number of hydrogen-bond donors (Lipinski definition) is 3. The Bertz CT molecular complexity index is 1060. The number of amides is 1. The molecule has 3 N–H and O–H groups in total. The Balaban J connectivity index is 1.68. The molecule has 0 aliphatic heterocycles. The molecule has 0 heterocycles. The molecular formula is C22H18Cl3N3OS. The number of rotatable bonds is 5. The van der Waals surface area contributed by atoms with E-state index in [1.165, 1.54) is 6.08 Å². The molecule has 3 aromatic rings. The molecule has 0 aliphatic carbocycles. The van der Waals surface area contributed by atoms with Gasteiger partial charge in [-0.15, -0.1) is 0 Å². The van der Waals surface area contributed by atoms with Gasteiger partial charge in [0.15, 0.2) is 5.11 Å². The first-order valence-corrected chi connectivity index (χ1v) is 10.5. The summed E-state index contributed by atoms with van der Waals surface area (Å²) in [6.07, 6.45) is 1.98. The summed E-state index contributed by atoms with van der Waals surface area (Å²) >= 11 is 23.5. The molecule has 1 amide bonds. The molecule has 30 heavy (non-hydrogen) atoms. The van der Waals surface area contributed by atoms with E-state index in [9.17, 15) is 4.79 Å². The van der Waals surface area contributed by atoms with Gasteiger partial charge < -0.3 is 16.0 Å². The molecule has 0 saturated carbocycles. The summed E-state index contributed by atoms with van der Waals surface area (Å²) in [5, 5.41) is 10.8. The second-order valence-electron chi connectivity index (χ2n) is 6.35. The Labute approximate surface area is 195 Å². The lowest BCUT2D eigenvalue weighted by Gasteiger charge is -2.27. The molecule has 1 unspecified atom stereocenters. The number of halogens is 3. The predicted octanol–water partition coefficient (Wildman–Crippen LogP) is 5.65. The number of carbonyl (C=O) groups excluding carboxylic acids is 1. The van der Waals surface area contributed by atoms with Crippen molar-refractivity contribution < 1.29 is 4.79 Å². The van der Waals surface area contributed by atoms with Crippen LogP contribution in [0.15, 0.2) is 78.9 Å². The number of benzene rings is 3. The summed E-state index contributed by atoms with van der Waals surface area (Å²) in [4.78, 5) is 12.3. The SMILES string of the molecule is O=C(/C=C\c1ccccc1)NC(NC(=S)Nc1cccc2ccccc12)C(Cl)(Cl)Cl. The molecule has 154 valence electrons. The minimum absolute atomic E-state index is 0.204. The second kappa shape index (κ2) is 10.1. The van der Waals surface area contributed by atoms with E-state index in [2.05, 4.69) is 16.0 Å². The first-order chi connectivity index (χ1) is 14.3. The third kappa shape index (κ3) is 6.34. The van der Waals surface area contributed by atoms with Crippen LogP contribution in [0.2, 0.25) is 0 Å². The molecule has 4 nitrogen and oxygen atoms in total. The number of alkyl halides is 3. The summed E-state index contributed by atoms with van der Waals surface area (Å²) in [7, 11) is 0. The highest BCUT2D eigenvalue weighted by atomic mass is 35.6. The van der Waals surface area contributed by atoms with Gasteiger partial charge in [0.05, 0.1) is 0 Å². The smallest absolute Gasteiger partial charge is 0.245 e. The van der Waals surface area contributed by atoms with Gasteiger partial charge in [0.25, 0.3) is 0 Å². The molecule has 1 atom stereocenters. The van der Waals surface area contributed by atoms with Crippen LogP contribution in [0.1, 0.15) is 5.56 Å². The van der Waals surface area contributed by atoms with Crippen molar-refractivity contribution in [3.05, 3.63) is 84.4 Å². The summed E-state index contributed by atoms with van der Waals surface area (Å²) in [6, 6.07) is 23.1. The molecule has 0 bridgehead atoms. The van der Waals surface area contributed by atoms with Crippen molar-refractivity contribution in [2.75, 3.05) is 5.32 Å². The lowest BCUT2D eigenvalue weighted by atomic mass is 10.1. The van der Waals surface area contributed by atoms with E-state index < -0.39 is 15.9 Å². The highest BCUT2D eigenvalue weighted by Crippen LogP contribution is 2.29. The number of nitrogens with one attached hydrogen (secondary N) is 3. The first kappa shape index (κ1) is 22.4. The minimum atomic E-state index is -1.83. The minimum Gasteiger partial charge on any atom is -0.339 e. The van der Waals surface area contributed by atoms with E-state index in [0.717, 1.165) is 22.0 Å². The van der Waals surface area contributed by atoms with Crippen LogP contribution >= 0.6 is 47.0 Å². The van der Waals surface area contributed by atoms with Crippen molar-refractivity contribution in [2.45, 2.75) is 9.96 Å². The maximum absolute atomic E-state index is 12.3. The summed E-state index contributed by atoms with van der Waals surface area (Å²) < 4.78 is -1.83. The van der Waals surface area contributed by atoms with Gasteiger partial charge >= 0.3 is 0 Å². The Morgan fingerprint density at radius 1 is 0.900 bits per heavy atom. The van der Waals surface area contributed by atoms with Crippen LogP contribution in [0.25, 0.3) is 16.8 Å². The topological polar surface area (TPSA) is 53.2 Å². The van der Waals surface area contributed by atoms with Crippen molar-refractivity contribution >= 4 is 80.6 Å². The molecule has 0 spiro atoms. The second-order valence-corrected chi connectivity index (χ2v) is 9.13. The molecule has 0 radical (unpaired) electrons. The lowest BCUT2D eigenvalue weighted by molar-refractivity contribution is -0.117. The van der Waals surface area contributed by atoms with Crippen LogP contribution in [0.3, 0.4) is 0 Å². The van der Waals surface area contributed by atoms with E-state index >= 15 is 0 Å². The summed E-state index contributed by atoms with van der Waals surface area (Å²) in [5.74, 6) is -0.435. The number of fused-ring (bicyclic) bond motifs is 1. The average Bonchev–Trinajstić information content (AvgIpc) is 2.72. The monoisotopic (exact) mass is 477 g/mol. The molecule has 0 saturated heterocycles. The molecule has 3 rings (SSSR count).